The van der Waals surface area contributed by atoms with Crippen LogP contribution in [0.5, 0.6) is 0 Å². The number of amides is 1. The first-order chi connectivity index (χ1) is 14.0. The Hall–Kier alpha value is -1.21. The Morgan fingerprint density at radius 2 is 2.07 bits per heavy atom. The van der Waals surface area contributed by atoms with E-state index in [-0.39, 0.29) is 23.3 Å². The largest absolute Gasteiger partial charge is 0.432 e. The number of carbonyl (C=O) groups is 2. The molecule has 1 amide bonds. The summed E-state index contributed by atoms with van der Waals surface area (Å²) >= 11 is 3.31. The van der Waals surface area contributed by atoms with Crippen molar-refractivity contribution >= 4 is 27.6 Å². The molecular formula is C22H34BrN3O3. The Balaban J connectivity index is 1.51. The van der Waals surface area contributed by atoms with Crippen LogP contribution >= 0.6 is 15.9 Å². The van der Waals surface area contributed by atoms with Crippen LogP contribution in [-0.4, -0.2) is 41.2 Å². The summed E-state index contributed by atoms with van der Waals surface area (Å²) in [6.07, 6.45) is 9.75. The first-order valence-corrected chi connectivity index (χ1v) is 11.9. The van der Waals surface area contributed by atoms with Crippen molar-refractivity contribution < 1.29 is 14.0 Å². The molecule has 1 spiro atoms. The van der Waals surface area contributed by atoms with E-state index < -0.39 is 0 Å². The average Bonchev–Trinajstić information content (AvgIpc) is 3.25. The van der Waals surface area contributed by atoms with Crippen molar-refractivity contribution in [1.82, 2.24) is 15.2 Å². The van der Waals surface area contributed by atoms with E-state index in [4.69, 9.17) is 4.42 Å². The van der Waals surface area contributed by atoms with Gasteiger partial charge in [0, 0.05) is 18.8 Å². The zero-order valence-electron chi connectivity index (χ0n) is 17.7. The number of unbranched alkanes of at least 4 members (excludes halogenated alkanes) is 2. The molecule has 6 nitrogen and oxygen atoms in total. The van der Waals surface area contributed by atoms with Crippen LogP contribution < -0.4 is 5.32 Å². The number of nitrogens with zero attached hydrogens (tertiary/aromatic N) is 2. The average molecular weight is 468 g/mol. The van der Waals surface area contributed by atoms with Crippen LogP contribution in [0.15, 0.2) is 15.3 Å². The molecule has 1 aromatic rings. The number of ketones is 1. The third-order valence-electron chi connectivity index (χ3n) is 6.76. The maximum Gasteiger partial charge on any atom is 0.224 e. The molecule has 1 N–H and O–H groups in total. The van der Waals surface area contributed by atoms with E-state index in [1.165, 1.54) is 0 Å². The van der Waals surface area contributed by atoms with Crippen molar-refractivity contribution in [1.29, 1.82) is 0 Å². The fraction of sp³-hybridized carbons (Fsp3) is 0.773. The van der Waals surface area contributed by atoms with Gasteiger partial charge in [-0.1, -0.05) is 26.7 Å². The number of rotatable bonds is 11. The molecule has 162 valence electrons. The number of nitrogens with one attached hydrogen (secondary N) is 1. The molecular weight excluding hydrogens is 434 g/mol. The highest BCUT2D eigenvalue weighted by Gasteiger charge is 2.58. The highest BCUT2D eigenvalue weighted by molar-refractivity contribution is 9.10. The standard InChI is InChI=1S/C22H34BrN3O3/c1-3-16(27)8-6-5-7-9-18(21-24-15-19(23)29-21)25-20(28)17-14-22(17)10-12-26(4-2)13-11-22/h15,17-18H,3-14H2,1-2H3,(H,25,28)/t17-,18+/m1/s1. The van der Waals surface area contributed by atoms with Gasteiger partial charge in [0.2, 0.25) is 11.8 Å². The SMILES string of the molecule is CCC(=O)CCCCC[C@H](NC(=O)[C@H]1CC12CCN(CC)CC2)c1ncc(Br)o1. The Bertz CT molecular complexity index is 697. The van der Waals surface area contributed by atoms with Gasteiger partial charge in [-0.3, -0.25) is 9.59 Å². The Morgan fingerprint density at radius 3 is 2.69 bits per heavy atom. The van der Waals surface area contributed by atoms with Crippen LogP contribution in [0.1, 0.15) is 83.6 Å². The summed E-state index contributed by atoms with van der Waals surface area (Å²) in [5, 5.41) is 3.22. The third kappa shape index (κ3) is 5.91. The molecule has 0 unspecified atom stereocenters. The van der Waals surface area contributed by atoms with Crippen molar-refractivity contribution in [3.05, 3.63) is 16.8 Å². The van der Waals surface area contributed by atoms with E-state index in [0.29, 0.717) is 29.2 Å². The summed E-state index contributed by atoms with van der Waals surface area (Å²) in [6.45, 7) is 7.41. The van der Waals surface area contributed by atoms with E-state index in [1.807, 2.05) is 6.92 Å². The maximum absolute atomic E-state index is 13.0. The van der Waals surface area contributed by atoms with Crippen LogP contribution in [0.3, 0.4) is 0 Å². The lowest BCUT2D eigenvalue weighted by Gasteiger charge is -2.32. The second kappa shape index (κ2) is 10.2. The molecule has 1 saturated heterocycles. The monoisotopic (exact) mass is 467 g/mol. The molecule has 0 bridgehead atoms. The zero-order chi connectivity index (χ0) is 20.9. The van der Waals surface area contributed by atoms with Crippen molar-refractivity contribution in [3.63, 3.8) is 0 Å². The van der Waals surface area contributed by atoms with Gasteiger partial charge < -0.3 is 14.6 Å². The van der Waals surface area contributed by atoms with E-state index in [0.717, 1.165) is 64.6 Å². The van der Waals surface area contributed by atoms with E-state index in [9.17, 15) is 9.59 Å². The number of oxazole rings is 1. The lowest BCUT2D eigenvalue weighted by Crippen LogP contribution is -2.37. The zero-order valence-corrected chi connectivity index (χ0v) is 19.3. The summed E-state index contributed by atoms with van der Waals surface area (Å²) in [6, 6.07) is -0.205. The minimum Gasteiger partial charge on any atom is -0.432 e. The predicted molar refractivity (Wildman–Crippen MR) is 115 cm³/mol. The topological polar surface area (TPSA) is 75.4 Å². The highest BCUT2D eigenvalue weighted by Crippen LogP contribution is 2.59. The highest BCUT2D eigenvalue weighted by atomic mass is 79.9. The number of hydrogen-bond donors (Lipinski definition) is 1. The number of aromatic nitrogens is 1. The molecule has 3 rings (SSSR count). The normalized spacial score (nSPS) is 21.8. The molecule has 2 heterocycles. The van der Waals surface area contributed by atoms with Crippen LogP contribution in [0.2, 0.25) is 0 Å². The Morgan fingerprint density at radius 1 is 1.31 bits per heavy atom. The molecule has 2 aliphatic rings. The maximum atomic E-state index is 13.0. The molecule has 2 fully saturated rings. The van der Waals surface area contributed by atoms with Crippen molar-refractivity contribution in [2.24, 2.45) is 11.3 Å². The lowest BCUT2D eigenvalue weighted by molar-refractivity contribution is -0.124. The third-order valence-corrected chi connectivity index (χ3v) is 7.12. The van der Waals surface area contributed by atoms with Gasteiger partial charge in [-0.15, -0.1) is 0 Å². The van der Waals surface area contributed by atoms with Gasteiger partial charge in [-0.25, -0.2) is 4.98 Å². The molecule has 1 saturated carbocycles. The molecule has 0 aromatic carbocycles. The molecule has 1 aromatic heterocycles. The Labute approximate surface area is 182 Å². The number of hydrogen-bond acceptors (Lipinski definition) is 5. The molecule has 29 heavy (non-hydrogen) atoms. The number of halogens is 1. The van der Waals surface area contributed by atoms with Crippen LogP contribution in [0, 0.1) is 11.3 Å². The van der Waals surface area contributed by atoms with Gasteiger partial charge in [0.25, 0.3) is 0 Å². The Kier molecular flexibility index (Phi) is 7.91. The van der Waals surface area contributed by atoms with Crippen molar-refractivity contribution in [3.8, 4) is 0 Å². The second-order valence-electron chi connectivity index (χ2n) is 8.61. The fourth-order valence-corrected chi connectivity index (χ4v) is 4.84. The molecule has 0 radical (unpaired) electrons. The number of carbonyl (C=O) groups excluding carboxylic acids is 2. The van der Waals surface area contributed by atoms with E-state index >= 15 is 0 Å². The summed E-state index contributed by atoms with van der Waals surface area (Å²) in [5.74, 6) is 1.16. The van der Waals surface area contributed by atoms with Gasteiger partial charge in [0.1, 0.15) is 11.8 Å². The summed E-state index contributed by atoms with van der Waals surface area (Å²) < 4.78 is 6.23. The van der Waals surface area contributed by atoms with Crippen LogP contribution in [0.25, 0.3) is 0 Å². The number of piperidine rings is 1. The number of likely N-dealkylation sites (tertiary alicyclic amines) is 1. The molecule has 2 atom stereocenters. The summed E-state index contributed by atoms with van der Waals surface area (Å²) in [7, 11) is 0. The van der Waals surface area contributed by atoms with Gasteiger partial charge in [-0.05, 0) is 73.1 Å². The predicted octanol–water partition coefficient (Wildman–Crippen LogP) is 4.65. The summed E-state index contributed by atoms with van der Waals surface area (Å²) in [4.78, 5) is 31.2. The van der Waals surface area contributed by atoms with Crippen LogP contribution in [0.4, 0.5) is 0 Å². The smallest absolute Gasteiger partial charge is 0.224 e. The summed E-state index contributed by atoms with van der Waals surface area (Å²) in [5.41, 5.74) is 0.220. The molecule has 7 heteroatoms. The lowest BCUT2D eigenvalue weighted by atomic mass is 9.90. The minimum atomic E-state index is -0.205. The van der Waals surface area contributed by atoms with Gasteiger partial charge in [0.05, 0.1) is 6.20 Å². The van der Waals surface area contributed by atoms with Gasteiger partial charge >= 0.3 is 0 Å². The first-order valence-electron chi connectivity index (χ1n) is 11.1. The molecule has 1 aliphatic heterocycles. The van der Waals surface area contributed by atoms with E-state index in [1.54, 1.807) is 6.20 Å². The molecule has 1 aliphatic carbocycles. The fourth-order valence-electron chi connectivity index (χ4n) is 4.57. The second-order valence-corrected chi connectivity index (χ2v) is 9.39. The first kappa shape index (κ1) is 22.5. The van der Waals surface area contributed by atoms with Crippen molar-refractivity contribution in [2.75, 3.05) is 19.6 Å². The van der Waals surface area contributed by atoms with Crippen LogP contribution in [-0.2, 0) is 9.59 Å². The number of Topliss-reactive ketones (excluding diaryl/α,β-unsaturated/α-hetero) is 1. The van der Waals surface area contributed by atoms with E-state index in [2.05, 4.69) is 38.1 Å². The quantitative estimate of drug-likeness (QED) is 0.479. The van der Waals surface area contributed by atoms with Gasteiger partial charge in [0.15, 0.2) is 4.67 Å². The van der Waals surface area contributed by atoms with Crippen molar-refractivity contribution in [2.45, 2.75) is 77.7 Å². The minimum absolute atomic E-state index is 0.129. The van der Waals surface area contributed by atoms with Gasteiger partial charge in [-0.2, -0.15) is 0 Å².